The van der Waals surface area contributed by atoms with Crippen LogP contribution in [0.4, 0.5) is 0 Å². The fourth-order valence-corrected chi connectivity index (χ4v) is 3.52. The maximum Gasteiger partial charge on any atom is 0.256 e. The van der Waals surface area contributed by atoms with Crippen LogP contribution in [0.1, 0.15) is 15.9 Å². The highest BCUT2D eigenvalue weighted by Crippen LogP contribution is 2.40. The summed E-state index contributed by atoms with van der Waals surface area (Å²) in [6.45, 7) is 0. The number of thioether (sulfide) groups is 1. The maximum atomic E-state index is 11.8. The smallest absolute Gasteiger partial charge is 0.256 e. The fraction of sp³-hybridized carbons (Fsp3) is 0.188. The largest absolute Gasteiger partial charge is 0.496 e. The zero-order chi connectivity index (χ0) is 16.1. The number of hydrogen-bond donors (Lipinski definition) is 0. The van der Waals surface area contributed by atoms with E-state index in [1.807, 2.05) is 30.3 Å². The summed E-state index contributed by atoms with van der Waals surface area (Å²) in [5.41, 5.74) is 0.880. The third-order valence-electron chi connectivity index (χ3n) is 3.05. The lowest BCUT2D eigenvalue weighted by Gasteiger charge is -2.15. The number of ether oxygens (including phenoxy) is 2. The summed E-state index contributed by atoms with van der Waals surface area (Å²) in [6.07, 6.45) is 0. The van der Waals surface area contributed by atoms with E-state index in [-0.39, 0.29) is 5.56 Å². The Hall–Kier alpha value is -1.36. The van der Waals surface area contributed by atoms with E-state index in [0.717, 1.165) is 4.90 Å². The molecule has 0 aromatic heterocycles. The maximum absolute atomic E-state index is 11.8. The topological polar surface area (TPSA) is 35.5 Å². The van der Waals surface area contributed by atoms with Gasteiger partial charge in [-0.3, -0.25) is 4.79 Å². The van der Waals surface area contributed by atoms with Crippen molar-refractivity contribution in [2.24, 2.45) is 0 Å². The number of methoxy groups -OCH3 is 2. The second kappa shape index (κ2) is 7.77. The Morgan fingerprint density at radius 3 is 2.32 bits per heavy atom. The highest BCUT2D eigenvalue weighted by molar-refractivity contribution is 7.98. The SMILES string of the molecule is COc1cc(OC)c(C(=O)Cl)c(CSc2ccccc2)c1Cl. The molecule has 0 atom stereocenters. The van der Waals surface area contributed by atoms with Gasteiger partial charge in [0.25, 0.3) is 5.24 Å². The second-order valence-corrected chi connectivity index (χ2v) is 6.09. The molecule has 0 N–H and O–H groups in total. The average molecular weight is 357 g/mol. The van der Waals surface area contributed by atoms with Gasteiger partial charge in [0.05, 0.1) is 24.8 Å². The molecule has 0 unspecified atom stereocenters. The van der Waals surface area contributed by atoms with E-state index in [1.54, 1.807) is 17.8 Å². The third kappa shape index (κ3) is 3.69. The van der Waals surface area contributed by atoms with E-state index < -0.39 is 5.24 Å². The Kier molecular flexibility index (Phi) is 6.00. The standard InChI is InChI=1S/C16H14Cl2O3S/c1-20-12-8-13(21-2)15(17)11(14(12)16(18)19)9-22-10-6-4-3-5-7-10/h3-8H,9H2,1-2H3. The van der Waals surface area contributed by atoms with Crippen LogP contribution in [-0.4, -0.2) is 19.5 Å². The monoisotopic (exact) mass is 356 g/mol. The number of hydrogen-bond acceptors (Lipinski definition) is 4. The summed E-state index contributed by atoms with van der Waals surface area (Å²) >= 11 is 13.6. The van der Waals surface area contributed by atoms with E-state index in [2.05, 4.69) is 0 Å². The Labute approximate surface area is 143 Å². The minimum Gasteiger partial charge on any atom is -0.496 e. The molecule has 2 aromatic rings. The first-order chi connectivity index (χ1) is 10.6. The predicted octanol–water partition coefficient (Wildman–Crippen LogP) is 5.03. The first-order valence-electron chi connectivity index (χ1n) is 6.39. The van der Waals surface area contributed by atoms with Gasteiger partial charge in [-0.15, -0.1) is 11.8 Å². The minimum atomic E-state index is -0.606. The van der Waals surface area contributed by atoms with E-state index in [4.69, 9.17) is 32.7 Å². The van der Waals surface area contributed by atoms with Crippen molar-refractivity contribution in [3.05, 3.63) is 52.5 Å². The Bertz CT molecular complexity index is 675. The van der Waals surface area contributed by atoms with Gasteiger partial charge in [0.2, 0.25) is 0 Å². The molecule has 0 saturated heterocycles. The summed E-state index contributed by atoms with van der Waals surface area (Å²) < 4.78 is 10.5. The number of rotatable bonds is 6. The van der Waals surface area contributed by atoms with Gasteiger partial charge in [0.1, 0.15) is 11.5 Å². The summed E-state index contributed by atoms with van der Waals surface area (Å²) in [4.78, 5) is 12.8. The lowest BCUT2D eigenvalue weighted by molar-refractivity contribution is 0.107. The van der Waals surface area contributed by atoms with Crippen LogP contribution in [0.25, 0.3) is 0 Å². The van der Waals surface area contributed by atoms with E-state index >= 15 is 0 Å². The highest BCUT2D eigenvalue weighted by atomic mass is 35.5. The molecule has 0 aliphatic heterocycles. The van der Waals surface area contributed by atoms with Crippen molar-refractivity contribution in [1.29, 1.82) is 0 Å². The highest BCUT2D eigenvalue weighted by Gasteiger charge is 2.22. The molecule has 0 heterocycles. The normalized spacial score (nSPS) is 10.4. The first-order valence-corrected chi connectivity index (χ1v) is 8.13. The summed E-state index contributed by atoms with van der Waals surface area (Å²) in [5, 5.41) is -0.235. The summed E-state index contributed by atoms with van der Waals surface area (Å²) in [5.74, 6) is 1.28. The zero-order valence-electron chi connectivity index (χ0n) is 12.1. The number of carbonyl (C=O) groups excluding carboxylic acids is 1. The molecular formula is C16H14Cl2O3S. The quantitative estimate of drug-likeness (QED) is 0.537. The van der Waals surface area contributed by atoms with Gasteiger partial charge >= 0.3 is 0 Å². The molecule has 0 fully saturated rings. The minimum absolute atomic E-state index is 0.276. The molecule has 2 rings (SSSR count). The van der Waals surface area contributed by atoms with E-state index in [1.165, 1.54) is 14.2 Å². The van der Waals surface area contributed by atoms with Gasteiger partial charge in [-0.1, -0.05) is 29.8 Å². The van der Waals surface area contributed by atoms with Crippen molar-refractivity contribution in [2.45, 2.75) is 10.6 Å². The van der Waals surface area contributed by atoms with Gasteiger partial charge in [-0.25, -0.2) is 0 Å². The number of benzene rings is 2. The van der Waals surface area contributed by atoms with Crippen LogP contribution in [0.2, 0.25) is 5.02 Å². The van der Waals surface area contributed by atoms with E-state index in [0.29, 0.717) is 27.8 Å². The van der Waals surface area contributed by atoms with Crippen molar-refractivity contribution in [3.63, 3.8) is 0 Å². The van der Waals surface area contributed by atoms with Crippen molar-refractivity contribution >= 4 is 40.2 Å². The van der Waals surface area contributed by atoms with Crippen LogP contribution in [0.15, 0.2) is 41.3 Å². The predicted molar refractivity (Wildman–Crippen MR) is 90.7 cm³/mol. The lowest BCUT2D eigenvalue weighted by Crippen LogP contribution is -2.03. The van der Waals surface area contributed by atoms with Crippen LogP contribution in [-0.2, 0) is 5.75 Å². The molecular weight excluding hydrogens is 343 g/mol. The van der Waals surface area contributed by atoms with Gasteiger partial charge in [-0.05, 0) is 23.7 Å². The molecule has 0 radical (unpaired) electrons. The summed E-state index contributed by atoms with van der Waals surface area (Å²) in [7, 11) is 2.98. The lowest BCUT2D eigenvalue weighted by atomic mass is 10.1. The molecule has 6 heteroatoms. The van der Waals surface area contributed by atoms with Crippen LogP contribution < -0.4 is 9.47 Å². The molecule has 0 spiro atoms. The van der Waals surface area contributed by atoms with Crippen molar-refractivity contribution < 1.29 is 14.3 Å². The van der Waals surface area contributed by atoms with Crippen LogP contribution in [0.3, 0.4) is 0 Å². The van der Waals surface area contributed by atoms with Crippen molar-refractivity contribution in [2.75, 3.05) is 14.2 Å². The Balaban J connectivity index is 2.44. The molecule has 22 heavy (non-hydrogen) atoms. The zero-order valence-corrected chi connectivity index (χ0v) is 14.4. The number of carbonyl (C=O) groups is 1. The molecule has 0 aliphatic rings. The Morgan fingerprint density at radius 1 is 1.14 bits per heavy atom. The Morgan fingerprint density at radius 2 is 1.77 bits per heavy atom. The molecule has 0 amide bonds. The average Bonchev–Trinajstić information content (AvgIpc) is 2.54. The van der Waals surface area contributed by atoms with Crippen molar-refractivity contribution in [3.8, 4) is 11.5 Å². The van der Waals surface area contributed by atoms with Gasteiger partial charge in [0.15, 0.2) is 0 Å². The van der Waals surface area contributed by atoms with E-state index in [9.17, 15) is 4.79 Å². The van der Waals surface area contributed by atoms with Crippen molar-refractivity contribution in [1.82, 2.24) is 0 Å². The molecule has 0 aliphatic carbocycles. The van der Waals surface area contributed by atoms with Gasteiger partial charge < -0.3 is 9.47 Å². The van der Waals surface area contributed by atoms with Crippen LogP contribution in [0, 0.1) is 0 Å². The third-order valence-corrected chi connectivity index (χ3v) is 4.70. The fourth-order valence-electron chi connectivity index (χ4n) is 1.99. The molecule has 0 saturated carbocycles. The van der Waals surface area contributed by atoms with Crippen LogP contribution >= 0.6 is 35.0 Å². The summed E-state index contributed by atoms with van der Waals surface area (Å²) in [6, 6.07) is 11.4. The van der Waals surface area contributed by atoms with Crippen LogP contribution in [0.5, 0.6) is 11.5 Å². The first kappa shape index (κ1) is 17.0. The number of halogens is 2. The molecule has 3 nitrogen and oxygen atoms in total. The second-order valence-electron chi connectivity index (χ2n) is 4.32. The molecule has 116 valence electrons. The molecule has 0 bridgehead atoms. The van der Waals surface area contributed by atoms with Gasteiger partial charge in [-0.2, -0.15) is 0 Å². The molecule has 2 aromatic carbocycles. The van der Waals surface area contributed by atoms with Gasteiger partial charge in [0, 0.05) is 22.3 Å².